The minimum Gasteiger partial charge on any atom is -0.396 e. The molecule has 9 nitrogen and oxygen atoms in total. The topological polar surface area (TPSA) is 139 Å². The first-order valence-electron chi connectivity index (χ1n) is 8.95. The molecule has 4 heterocycles. The lowest BCUT2D eigenvalue weighted by Gasteiger charge is -2.20. The summed E-state index contributed by atoms with van der Waals surface area (Å²) in [5, 5.41) is 5.14. The molecule has 0 aliphatic rings. The highest BCUT2D eigenvalue weighted by atomic mass is 16.1. The summed E-state index contributed by atoms with van der Waals surface area (Å²) < 4.78 is 0. The molecule has 0 saturated carbocycles. The molecule has 4 aromatic rings. The van der Waals surface area contributed by atoms with Crippen molar-refractivity contribution in [1.29, 1.82) is 0 Å². The Morgan fingerprint density at radius 3 is 2.83 bits per heavy atom. The number of anilines is 3. The molecule has 4 rings (SSSR count). The van der Waals surface area contributed by atoms with Gasteiger partial charge in [0.15, 0.2) is 5.82 Å². The van der Waals surface area contributed by atoms with Gasteiger partial charge in [-0.3, -0.25) is 9.80 Å². The second kappa shape index (κ2) is 7.56. The third kappa shape index (κ3) is 3.85. The smallest absolute Gasteiger partial charge is 0.222 e. The number of hydrogen-bond acceptors (Lipinski definition) is 7. The van der Waals surface area contributed by atoms with Gasteiger partial charge >= 0.3 is 0 Å². The van der Waals surface area contributed by atoms with E-state index in [-0.39, 0.29) is 5.91 Å². The molecule has 0 unspecified atom stereocenters. The van der Waals surface area contributed by atoms with E-state index in [0.717, 1.165) is 22.2 Å². The molecule has 0 aliphatic heterocycles. The van der Waals surface area contributed by atoms with E-state index in [1.54, 1.807) is 30.6 Å². The van der Waals surface area contributed by atoms with Gasteiger partial charge in [0.2, 0.25) is 5.91 Å². The van der Waals surface area contributed by atoms with Crippen molar-refractivity contribution >= 4 is 34.3 Å². The maximum absolute atomic E-state index is 11.1. The third-order valence-electron chi connectivity index (χ3n) is 4.42. The number of aromatic amines is 1. The van der Waals surface area contributed by atoms with Crippen molar-refractivity contribution in [3.05, 3.63) is 60.6 Å². The zero-order valence-corrected chi connectivity index (χ0v) is 15.8. The molecule has 0 radical (unpaired) electrons. The van der Waals surface area contributed by atoms with Crippen LogP contribution in [-0.2, 0) is 11.3 Å². The largest absolute Gasteiger partial charge is 0.396 e. The number of nitrogen functional groups attached to an aromatic ring is 1. The average molecular weight is 388 g/mol. The molecule has 146 valence electrons. The van der Waals surface area contributed by atoms with Gasteiger partial charge in [-0.15, -0.1) is 0 Å². The quantitative estimate of drug-likeness (QED) is 0.304. The molecule has 0 saturated heterocycles. The van der Waals surface area contributed by atoms with E-state index < -0.39 is 0 Å². The molecule has 0 bridgehead atoms. The number of H-pyrrole nitrogens is 1. The van der Waals surface area contributed by atoms with Crippen LogP contribution < -0.4 is 21.9 Å². The normalized spacial score (nSPS) is 10.8. The predicted octanol–water partition coefficient (Wildman–Crippen LogP) is 2.44. The zero-order valence-electron chi connectivity index (χ0n) is 15.8. The van der Waals surface area contributed by atoms with Crippen molar-refractivity contribution < 1.29 is 4.79 Å². The molecule has 0 aliphatic carbocycles. The van der Waals surface area contributed by atoms with E-state index in [9.17, 15) is 4.79 Å². The lowest BCUT2D eigenvalue weighted by molar-refractivity contribution is -0.114. The summed E-state index contributed by atoms with van der Waals surface area (Å²) in [5.74, 6) is 7.06. The number of pyridine rings is 3. The van der Waals surface area contributed by atoms with Gasteiger partial charge in [-0.25, -0.2) is 20.8 Å². The van der Waals surface area contributed by atoms with Crippen LogP contribution in [-0.4, -0.2) is 25.8 Å². The molecule has 29 heavy (non-hydrogen) atoms. The molecule has 6 N–H and O–H groups in total. The Balaban J connectivity index is 1.60. The molecule has 4 aromatic heterocycles. The van der Waals surface area contributed by atoms with Crippen LogP contribution >= 0.6 is 0 Å². The van der Waals surface area contributed by atoms with Gasteiger partial charge in [-0.2, -0.15) is 0 Å². The number of carbonyl (C=O) groups is 1. The Bertz CT molecular complexity index is 1170. The molecule has 0 fully saturated rings. The van der Waals surface area contributed by atoms with E-state index in [4.69, 9.17) is 11.6 Å². The highest BCUT2D eigenvalue weighted by Gasteiger charge is 2.14. The van der Waals surface area contributed by atoms with Crippen LogP contribution in [0.4, 0.5) is 17.3 Å². The number of hydrazine groups is 1. The lowest BCUT2D eigenvalue weighted by atomic mass is 10.1. The summed E-state index contributed by atoms with van der Waals surface area (Å²) in [7, 11) is 0. The Morgan fingerprint density at radius 2 is 2.07 bits per heavy atom. The summed E-state index contributed by atoms with van der Waals surface area (Å²) in [5.41, 5.74) is 9.84. The molecule has 1 amide bonds. The van der Waals surface area contributed by atoms with Gasteiger partial charge in [-0.1, -0.05) is 0 Å². The Morgan fingerprint density at radius 1 is 1.21 bits per heavy atom. The second-order valence-electron chi connectivity index (χ2n) is 6.56. The SMILES string of the molecule is CC(=O)Nc1ccc(-c2ccc(N)c(N(N)Cc3c[nH]c4ncccc34)n2)cn1. The number of nitrogens with zero attached hydrogens (tertiary/aromatic N) is 4. The standard InChI is InChI=1S/C20H20N8O/c1-12(29)26-18-7-4-13(9-24-18)17-6-5-16(21)20(27-17)28(22)11-14-10-25-19-15(14)3-2-8-23-19/h2-10H,11,21-22H2,1H3,(H,23,25)(H,24,26,29). The van der Waals surface area contributed by atoms with Crippen LogP contribution in [0, 0.1) is 0 Å². The van der Waals surface area contributed by atoms with Crippen LogP contribution in [0.1, 0.15) is 12.5 Å². The first-order valence-corrected chi connectivity index (χ1v) is 8.95. The third-order valence-corrected chi connectivity index (χ3v) is 4.42. The van der Waals surface area contributed by atoms with Crippen LogP contribution in [0.2, 0.25) is 0 Å². The van der Waals surface area contributed by atoms with Crippen molar-refractivity contribution in [3.63, 3.8) is 0 Å². The number of rotatable bonds is 5. The maximum Gasteiger partial charge on any atom is 0.222 e. The molecule has 9 heteroatoms. The van der Waals surface area contributed by atoms with E-state index in [1.165, 1.54) is 11.9 Å². The van der Waals surface area contributed by atoms with Crippen molar-refractivity contribution in [2.75, 3.05) is 16.1 Å². The number of amides is 1. The minimum atomic E-state index is -0.176. The number of aromatic nitrogens is 4. The van der Waals surface area contributed by atoms with Crippen molar-refractivity contribution in [3.8, 4) is 11.3 Å². The van der Waals surface area contributed by atoms with Gasteiger partial charge in [0, 0.05) is 42.0 Å². The first kappa shape index (κ1) is 18.4. The Kier molecular flexibility index (Phi) is 4.80. The van der Waals surface area contributed by atoms with E-state index in [1.807, 2.05) is 24.4 Å². The molecular weight excluding hydrogens is 368 g/mol. The van der Waals surface area contributed by atoms with E-state index >= 15 is 0 Å². The van der Waals surface area contributed by atoms with Gasteiger partial charge in [-0.05, 0) is 36.4 Å². The summed E-state index contributed by atoms with van der Waals surface area (Å²) in [6.45, 7) is 1.84. The number of nitrogens with two attached hydrogens (primary N) is 2. The summed E-state index contributed by atoms with van der Waals surface area (Å²) in [6, 6.07) is 11.0. The number of fused-ring (bicyclic) bond motifs is 1. The van der Waals surface area contributed by atoms with Crippen LogP contribution in [0.5, 0.6) is 0 Å². The summed E-state index contributed by atoms with van der Waals surface area (Å²) in [6.07, 6.45) is 5.25. The molecule has 0 spiro atoms. The first-order chi connectivity index (χ1) is 14.0. The number of carbonyl (C=O) groups excluding carboxylic acids is 1. The number of nitrogens with one attached hydrogen (secondary N) is 2. The molecule has 0 aromatic carbocycles. The average Bonchev–Trinajstić information content (AvgIpc) is 3.11. The van der Waals surface area contributed by atoms with Gasteiger partial charge < -0.3 is 16.0 Å². The highest BCUT2D eigenvalue weighted by Crippen LogP contribution is 2.27. The summed E-state index contributed by atoms with van der Waals surface area (Å²) >= 11 is 0. The van der Waals surface area contributed by atoms with Crippen molar-refractivity contribution in [2.45, 2.75) is 13.5 Å². The van der Waals surface area contributed by atoms with Crippen LogP contribution in [0.25, 0.3) is 22.3 Å². The van der Waals surface area contributed by atoms with Gasteiger partial charge in [0.05, 0.1) is 17.9 Å². The van der Waals surface area contributed by atoms with Gasteiger partial charge in [0.1, 0.15) is 11.5 Å². The second-order valence-corrected chi connectivity index (χ2v) is 6.56. The van der Waals surface area contributed by atoms with Crippen LogP contribution in [0.3, 0.4) is 0 Å². The molecule has 0 atom stereocenters. The summed E-state index contributed by atoms with van der Waals surface area (Å²) in [4.78, 5) is 27.4. The van der Waals surface area contributed by atoms with Crippen LogP contribution in [0.15, 0.2) is 55.0 Å². The van der Waals surface area contributed by atoms with E-state index in [2.05, 4.69) is 25.3 Å². The minimum absolute atomic E-state index is 0.176. The van der Waals surface area contributed by atoms with Crippen molar-refractivity contribution in [2.24, 2.45) is 5.84 Å². The fourth-order valence-electron chi connectivity index (χ4n) is 3.05. The van der Waals surface area contributed by atoms with Gasteiger partial charge in [0.25, 0.3) is 0 Å². The van der Waals surface area contributed by atoms with E-state index in [0.29, 0.717) is 29.6 Å². The highest BCUT2D eigenvalue weighted by molar-refractivity contribution is 5.87. The number of hydrogen-bond donors (Lipinski definition) is 4. The van der Waals surface area contributed by atoms with Crippen molar-refractivity contribution in [1.82, 2.24) is 19.9 Å². The Hall–Kier alpha value is -3.98. The maximum atomic E-state index is 11.1. The zero-order chi connectivity index (χ0) is 20.4. The fourth-order valence-corrected chi connectivity index (χ4v) is 3.05. The lowest BCUT2D eigenvalue weighted by Crippen LogP contribution is -2.31. The monoisotopic (exact) mass is 388 g/mol. The Labute approximate surface area is 166 Å². The molecular formula is C20H20N8O. The predicted molar refractivity (Wildman–Crippen MR) is 113 cm³/mol. The fraction of sp³-hybridized carbons (Fsp3) is 0.100.